The van der Waals surface area contributed by atoms with Gasteiger partial charge in [0.2, 0.25) is 0 Å². The van der Waals surface area contributed by atoms with Gasteiger partial charge in [-0.2, -0.15) is 0 Å². The van der Waals surface area contributed by atoms with Crippen molar-refractivity contribution in [2.24, 2.45) is 0 Å². The second kappa shape index (κ2) is 5.15. The van der Waals surface area contributed by atoms with E-state index in [1.165, 1.54) is 12.1 Å². The van der Waals surface area contributed by atoms with Gasteiger partial charge >= 0.3 is 120 Å². The van der Waals surface area contributed by atoms with E-state index in [-0.39, 0.29) is 20.5 Å². The Morgan fingerprint density at radius 2 is 2.10 bits per heavy atom. The summed E-state index contributed by atoms with van der Waals surface area (Å²) in [7, 11) is 0. The number of carbonyl (C=O) groups is 1. The number of amides is 1. The first kappa shape index (κ1) is 13.0. The minimum atomic E-state index is -0.536. The van der Waals surface area contributed by atoms with Crippen LogP contribution in [0.25, 0.3) is 11.0 Å². The monoisotopic (exact) mass is 335 g/mol. The summed E-state index contributed by atoms with van der Waals surface area (Å²) in [6.07, 6.45) is 0. The standard InChI is InChI=1S/C14H10FN3OSe/c1-8-5-6-10(15)9(7-8)14(19)16-11-3-2-4-12-13(11)18-20-17-12/h2-7H,1H3,(H,16,19). The molecule has 6 heteroatoms. The molecular weight excluding hydrogens is 324 g/mol. The average molecular weight is 334 g/mol. The first-order chi connectivity index (χ1) is 9.65. The van der Waals surface area contributed by atoms with Gasteiger partial charge in [-0.25, -0.2) is 0 Å². The Kier molecular flexibility index (Phi) is 3.34. The molecule has 0 aliphatic rings. The SMILES string of the molecule is Cc1ccc(F)c(C(=O)Nc2cccc3n[se]nc23)c1. The molecule has 0 aliphatic heterocycles. The molecule has 20 heavy (non-hydrogen) atoms. The molecule has 1 aromatic heterocycles. The van der Waals surface area contributed by atoms with Gasteiger partial charge in [0, 0.05) is 0 Å². The maximum absolute atomic E-state index is 13.7. The molecule has 0 atom stereocenters. The third-order valence-corrected chi connectivity index (χ3v) is 4.04. The van der Waals surface area contributed by atoms with Crippen LogP contribution in [0.2, 0.25) is 0 Å². The molecule has 0 saturated carbocycles. The number of fused-ring (bicyclic) bond motifs is 1. The summed E-state index contributed by atoms with van der Waals surface area (Å²) >= 11 is -0.169. The second-order valence-electron chi connectivity index (χ2n) is 4.37. The topological polar surface area (TPSA) is 54.9 Å². The zero-order valence-corrected chi connectivity index (χ0v) is 12.3. The van der Waals surface area contributed by atoms with Crippen molar-refractivity contribution >= 4 is 37.6 Å². The summed E-state index contributed by atoms with van der Waals surface area (Å²) in [5, 5.41) is 2.70. The van der Waals surface area contributed by atoms with Crippen molar-refractivity contribution in [1.82, 2.24) is 7.96 Å². The quantitative estimate of drug-likeness (QED) is 0.732. The van der Waals surface area contributed by atoms with Crippen LogP contribution in [0.4, 0.5) is 10.1 Å². The maximum atomic E-state index is 13.7. The zero-order chi connectivity index (χ0) is 14.1. The number of nitrogens with zero attached hydrogens (tertiary/aromatic N) is 2. The van der Waals surface area contributed by atoms with Crippen LogP contribution in [0, 0.1) is 12.7 Å². The summed E-state index contributed by atoms with van der Waals surface area (Å²) < 4.78 is 22.2. The van der Waals surface area contributed by atoms with E-state index in [0.717, 1.165) is 11.1 Å². The van der Waals surface area contributed by atoms with Gasteiger partial charge < -0.3 is 0 Å². The van der Waals surface area contributed by atoms with Gasteiger partial charge in [0.1, 0.15) is 0 Å². The second-order valence-corrected chi connectivity index (χ2v) is 5.48. The van der Waals surface area contributed by atoms with Gasteiger partial charge in [-0.15, -0.1) is 0 Å². The Bertz CT molecular complexity index is 800. The van der Waals surface area contributed by atoms with E-state index in [4.69, 9.17) is 0 Å². The van der Waals surface area contributed by atoms with E-state index < -0.39 is 11.7 Å². The molecule has 0 unspecified atom stereocenters. The summed E-state index contributed by atoms with van der Waals surface area (Å²) in [5.74, 6) is -1.01. The Labute approximate surface area is 120 Å². The molecule has 3 aromatic rings. The van der Waals surface area contributed by atoms with Crippen LogP contribution in [0.1, 0.15) is 15.9 Å². The van der Waals surface area contributed by atoms with Crippen LogP contribution in [0.15, 0.2) is 36.4 Å². The van der Waals surface area contributed by atoms with Crippen LogP contribution < -0.4 is 5.32 Å². The van der Waals surface area contributed by atoms with Gasteiger partial charge in [-0.1, -0.05) is 0 Å². The molecule has 3 rings (SSSR count). The number of benzene rings is 2. The molecule has 0 radical (unpaired) electrons. The summed E-state index contributed by atoms with van der Waals surface area (Å²) in [6.45, 7) is 1.81. The molecule has 1 amide bonds. The summed E-state index contributed by atoms with van der Waals surface area (Å²) in [4.78, 5) is 12.2. The predicted octanol–water partition coefficient (Wildman–Crippen LogP) is 2.39. The molecule has 0 aliphatic carbocycles. The molecule has 0 bridgehead atoms. The van der Waals surface area contributed by atoms with Crippen LogP contribution >= 0.6 is 0 Å². The van der Waals surface area contributed by atoms with Crippen molar-refractivity contribution in [2.75, 3.05) is 5.32 Å². The minimum absolute atomic E-state index is 0.0306. The molecule has 1 heterocycles. The van der Waals surface area contributed by atoms with Crippen molar-refractivity contribution < 1.29 is 9.18 Å². The molecule has 0 saturated heterocycles. The number of hydrogen-bond acceptors (Lipinski definition) is 3. The Hall–Kier alpha value is -2.04. The Balaban J connectivity index is 1.96. The van der Waals surface area contributed by atoms with Crippen molar-refractivity contribution in [2.45, 2.75) is 6.92 Å². The number of hydrogen-bond donors (Lipinski definition) is 1. The van der Waals surface area contributed by atoms with Crippen LogP contribution in [0.3, 0.4) is 0 Å². The molecule has 4 nitrogen and oxygen atoms in total. The summed E-state index contributed by atoms with van der Waals surface area (Å²) in [6, 6.07) is 9.83. The van der Waals surface area contributed by atoms with E-state index in [9.17, 15) is 9.18 Å². The zero-order valence-electron chi connectivity index (χ0n) is 10.6. The van der Waals surface area contributed by atoms with Gasteiger partial charge in [-0.05, 0) is 0 Å². The number of carbonyl (C=O) groups excluding carboxylic acids is 1. The Morgan fingerprint density at radius 1 is 1.25 bits per heavy atom. The molecule has 100 valence electrons. The van der Waals surface area contributed by atoms with Crippen molar-refractivity contribution in [3.63, 3.8) is 0 Å². The van der Waals surface area contributed by atoms with E-state index in [1.807, 2.05) is 13.0 Å². The van der Waals surface area contributed by atoms with E-state index in [0.29, 0.717) is 11.2 Å². The van der Waals surface area contributed by atoms with Crippen molar-refractivity contribution in [1.29, 1.82) is 0 Å². The fraction of sp³-hybridized carbons (Fsp3) is 0.0714. The number of aromatic nitrogens is 2. The van der Waals surface area contributed by atoms with Crippen LogP contribution in [-0.4, -0.2) is 28.8 Å². The van der Waals surface area contributed by atoms with Gasteiger partial charge in [0.15, 0.2) is 0 Å². The first-order valence-electron chi connectivity index (χ1n) is 5.94. The third kappa shape index (κ3) is 2.35. The van der Waals surface area contributed by atoms with Gasteiger partial charge in [0.05, 0.1) is 0 Å². The molecule has 0 fully saturated rings. The number of rotatable bonds is 2. The number of nitrogens with one attached hydrogen (secondary N) is 1. The number of halogens is 1. The number of aryl methyl sites for hydroxylation is 1. The van der Waals surface area contributed by atoms with E-state index >= 15 is 0 Å². The Morgan fingerprint density at radius 3 is 2.95 bits per heavy atom. The summed E-state index contributed by atoms with van der Waals surface area (Å²) in [5.41, 5.74) is 2.87. The molecular formula is C14H10FN3OSe. The van der Waals surface area contributed by atoms with Crippen molar-refractivity contribution in [3.8, 4) is 0 Å². The number of anilines is 1. The first-order valence-corrected chi connectivity index (χ1v) is 7.47. The predicted molar refractivity (Wildman–Crippen MR) is 75.6 cm³/mol. The fourth-order valence-electron chi connectivity index (χ4n) is 1.91. The van der Waals surface area contributed by atoms with Crippen LogP contribution in [-0.2, 0) is 0 Å². The van der Waals surface area contributed by atoms with Crippen molar-refractivity contribution in [3.05, 3.63) is 53.3 Å². The molecule has 0 spiro atoms. The fourth-order valence-corrected chi connectivity index (χ4v) is 3.06. The average Bonchev–Trinajstić information content (AvgIpc) is 2.91. The van der Waals surface area contributed by atoms with Crippen LogP contribution in [0.5, 0.6) is 0 Å². The van der Waals surface area contributed by atoms with Gasteiger partial charge in [-0.3, -0.25) is 0 Å². The van der Waals surface area contributed by atoms with E-state index in [1.54, 1.807) is 18.2 Å². The van der Waals surface area contributed by atoms with Gasteiger partial charge in [0.25, 0.3) is 0 Å². The van der Waals surface area contributed by atoms with E-state index in [2.05, 4.69) is 13.3 Å². The third-order valence-electron chi connectivity index (χ3n) is 2.90. The molecule has 1 N–H and O–H groups in total. The normalized spacial score (nSPS) is 10.7. The molecule has 2 aromatic carbocycles.